The second-order valence-electron chi connectivity index (χ2n) is 18.0. The van der Waals surface area contributed by atoms with E-state index in [0.717, 1.165) is 25.0 Å². The monoisotopic (exact) mass is 871 g/mol. The molecule has 354 valence electrons. The van der Waals surface area contributed by atoms with Crippen molar-refractivity contribution in [3.05, 3.63) is 23.8 Å². The molecule has 0 aromatic carbocycles. The molecule has 3 aliphatic rings. The highest BCUT2D eigenvalue weighted by Gasteiger charge is 2.47. The number of unbranched alkanes of at least 4 members (excludes halogenated alkanes) is 4. The Morgan fingerprint density at radius 3 is 2.10 bits per heavy atom. The first-order chi connectivity index (χ1) is 28.9. The van der Waals surface area contributed by atoms with Crippen LogP contribution in [0.4, 0.5) is 0 Å². The second kappa shape index (κ2) is 26.8. The van der Waals surface area contributed by atoms with Crippen LogP contribution in [0.25, 0.3) is 0 Å². The van der Waals surface area contributed by atoms with E-state index in [1.807, 2.05) is 26.8 Å². The lowest BCUT2D eigenvalue weighted by atomic mass is 9.83. The second-order valence-corrected chi connectivity index (χ2v) is 18.0. The van der Waals surface area contributed by atoms with E-state index in [4.69, 9.17) is 33.2 Å². The van der Waals surface area contributed by atoms with Crippen molar-refractivity contribution in [2.24, 2.45) is 17.8 Å². The Morgan fingerprint density at radius 1 is 0.803 bits per heavy atom. The summed E-state index contributed by atoms with van der Waals surface area (Å²) < 4.78 is 42.3. The minimum atomic E-state index is -1.22. The maximum Gasteiger partial charge on any atom is 0.308 e. The van der Waals surface area contributed by atoms with Gasteiger partial charge in [-0.05, 0) is 92.7 Å². The zero-order chi connectivity index (χ0) is 45.4. The predicted octanol–water partition coefficient (Wildman–Crippen LogP) is 4.02. The van der Waals surface area contributed by atoms with Crippen molar-refractivity contribution >= 4 is 11.8 Å². The van der Waals surface area contributed by atoms with E-state index in [-0.39, 0.29) is 31.1 Å². The number of rotatable bonds is 18. The van der Waals surface area contributed by atoms with Crippen molar-refractivity contribution in [1.29, 1.82) is 0 Å². The number of hydrogen-bond acceptors (Lipinski definition) is 15. The minimum Gasteiger partial charge on any atom is -0.462 e. The Labute approximate surface area is 366 Å². The first-order valence-electron chi connectivity index (χ1n) is 22.8. The molecular formula is C46H82N2O13. The summed E-state index contributed by atoms with van der Waals surface area (Å²) in [6.45, 7) is 13.0. The van der Waals surface area contributed by atoms with Crippen molar-refractivity contribution in [2.45, 2.75) is 185 Å². The fraction of sp³-hybridized carbons (Fsp3) is 0.870. The van der Waals surface area contributed by atoms with Gasteiger partial charge < -0.3 is 63.4 Å². The highest BCUT2D eigenvalue weighted by Crippen LogP contribution is 2.33. The molecule has 3 heterocycles. The smallest absolute Gasteiger partial charge is 0.308 e. The van der Waals surface area contributed by atoms with E-state index in [9.17, 15) is 30.0 Å². The summed E-state index contributed by atoms with van der Waals surface area (Å²) in [6.07, 6.45) is 1.81. The summed E-state index contributed by atoms with van der Waals surface area (Å²) in [4.78, 5) is 31.6. The van der Waals surface area contributed by atoms with Gasteiger partial charge in [-0.15, -0.1) is 0 Å². The van der Waals surface area contributed by atoms with E-state index in [0.29, 0.717) is 25.8 Å². The Balaban J connectivity index is 1.95. The van der Waals surface area contributed by atoms with Crippen LogP contribution in [-0.2, 0) is 42.7 Å². The van der Waals surface area contributed by atoms with Crippen LogP contribution < -0.4 is 0 Å². The number of aliphatic hydroxyl groups is 4. The van der Waals surface area contributed by atoms with Crippen LogP contribution in [0, 0.1) is 17.8 Å². The molecule has 0 aliphatic carbocycles. The van der Waals surface area contributed by atoms with Crippen molar-refractivity contribution in [2.75, 3.05) is 55.1 Å². The molecule has 0 saturated carbocycles. The maximum atomic E-state index is 13.9. The van der Waals surface area contributed by atoms with Gasteiger partial charge in [0.15, 0.2) is 18.4 Å². The first kappa shape index (κ1) is 53.5. The number of aliphatic hydroxyl groups excluding tert-OH is 4. The Kier molecular flexibility index (Phi) is 23.5. The highest BCUT2D eigenvalue weighted by atomic mass is 16.7. The number of carbonyl (C=O) groups is 2. The fourth-order valence-electron chi connectivity index (χ4n) is 8.89. The lowest BCUT2D eigenvalue weighted by Crippen LogP contribution is -2.62. The molecule has 0 aromatic heterocycles. The quantitative estimate of drug-likeness (QED) is 0.114. The molecule has 61 heavy (non-hydrogen) atoms. The SMILES string of the molecule is CCCCCCCN(C)CC[C@H]1C[C@@H](C)C(=O)/C=C/C(C)=C/[C@H](CO[C@@H]2OC(C)[C@@H](O)[C@H](OC)C2OC)[C@@H](CC)OC(=O)C[C@@H](O)C[C@H]1OC1OC(C)[C@@H](O)[C@@H](N(C)C)[C@@H]1O. The largest absolute Gasteiger partial charge is 0.462 e. The molecule has 15 heteroatoms. The first-order valence-corrected chi connectivity index (χ1v) is 22.8. The third kappa shape index (κ3) is 16.3. The molecule has 3 rings (SSSR count). The molecule has 0 amide bonds. The Bertz CT molecular complexity index is 1350. The standard InChI is InChI=1S/C46H82N2O13/c1-12-14-15-16-17-21-48(9)22-20-32-24-29(4)35(50)19-18-28(3)23-33(27-57-46-44(56-11)43(55-10)41(53)31(6)59-46)36(13-2)60-38(51)26-34(49)25-37(32)61-45-42(54)39(47(7)8)40(52)30(5)58-45/h18-19,23,29-34,36-37,39-46,49,52-54H,12-17,20-22,24-27H2,1-11H3/b19-18+,28-23+/t29-,30?,31?,32+,33-,34+,36-,37-,39-,40-,41-,42+,43+,44?,45?,46-/m1/s1. The molecule has 16 atom stereocenters. The third-order valence-corrected chi connectivity index (χ3v) is 12.7. The molecule has 15 nitrogen and oxygen atoms in total. The number of carbonyl (C=O) groups excluding carboxylic acids is 2. The van der Waals surface area contributed by atoms with Gasteiger partial charge in [-0.25, -0.2) is 0 Å². The molecule has 3 aliphatic heterocycles. The number of methoxy groups -OCH3 is 2. The van der Waals surface area contributed by atoms with E-state index >= 15 is 0 Å². The number of allylic oxidation sites excluding steroid dienone is 3. The van der Waals surface area contributed by atoms with Crippen molar-refractivity contribution in [1.82, 2.24) is 9.80 Å². The molecule has 0 bridgehead atoms. The van der Waals surface area contributed by atoms with Crippen LogP contribution >= 0.6 is 0 Å². The van der Waals surface area contributed by atoms with Gasteiger partial charge in [0.1, 0.15) is 30.5 Å². The number of likely N-dealkylation sites (N-methyl/N-ethyl adjacent to an activating group) is 1. The molecule has 4 unspecified atom stereocenters. The number of hydrogen-bond donors (Lipinski definition) is 4. The van der Waals surface area contributed by atoms with Crippen LogP contribution in [-0.4, -0.2) is 177 Å². The average molecular weight is 871 g/mol. The Hall–Kier alpha value is -1.86. The number of esters is 1. The Morgan fingerprint density at radius 2 is 1.46 bits per heavy atom. The number of ketones is 1. The normalized spacial score (nSPS) is 38.9. The van der Waals surface area contributed by atoms with E-state index in [2.05, 4.69) is 18.9 Å². The van der Waals surface area contributed by atoms with Gasteiger partial charge in [0.25, 0.3) is 0 Å². The van der Waals surface area contributed by atoms with Gasteiger partial charge in [-0.2, -0.15) is 0 Å². The molecule has 2 fully saturated rings. The maximum absolute atomic E-state index is 13.9. The summed E-state index contributed by atoms with van der Waals surface area (Å²) in [7, 11) is 8.61. The molecule has 4 N–H and O–H groups in total. The minimum absolute atomic E-state index is 0.0118. The molecule has 0 spiro atoms. The lowest BCUT2D eigenvalue weighted by molar-refractivity contribution is -0.304. The average Bonchev–Trinajstić information content (AvgIpc) is 3.21. The van der Waals surface area contributed by atoms with Crippen molar-refractivity contribution in [3.8, 4) is 0 Å². The zero-order valence-corrected chi connectivity index (χ0v) is 39.0. The highest BCUT2D eigenvalue weighted by molar-refractivity contribution is 5.91. The number of ether oxygens (including phenoxy) is 7. The molecule has 0 radical (unpaired) electrons. The number of nitrogens with zero attached hydrogens (tertiary/aromatic N) is 2. The lowest BCUT2D eigenvalue weighted by Gasteiger charge is -2.46. The summed E-state index contributed by atoms with van der Waals surface area (Å²) in [5.41, 5.74) is 0.760. The van der Waals surface area contributed by atoms with Crippen LogP contribution in [0.1, 0.15) is 106 Å². The van der Waals surface area contributed by atoms with E-state index in [1.165, 1.54) is 33.5 Å². The zero-order valence-electron chi connectivity index (χ0n) is 39.0. The van der Waals surface area contributed by atoms with Crippen LogP contribution in [0.15, 0.2) is 23.8 Å². The van der Waals surface area contributed by atoms with Gasteiger partial charge in [0.05, 0.1) is 49.6 Å². The predicted molar refractivity (Wildman–Crippen MR) is 232 cm³/mol. The van der Waals surface area contributed by atoms with Crippen LogP contribution in [0.5, 0.6) is 0 Å². The topological polar surface area (TPSA) is 186 Å². The molecule has 2 saturated heterocycles. The molecule has 0 aromatic rings. The van der Waals surface area contributed by atoms with Gasteiger partial charge in [-0.3, -0.25) is 9.59 Å². The summed E-state index contributed by atoms with van der Waals surface area (Å²) in [5.74, 6) is -1.86. The third-order valence-electron chi connectivity index (χ3n) is 12.7. The summed E-state index contributed by atoms with van der Waals surface area (Å²) in [6, 6.07) is -0.677. The van der Waals surface area contributed by atoms with Gasteiger partial charge in [-0.1, -0.05) is 64.2 Å². The number of cyclic esters (lactones) is 1. The van der Waals surface area contributed by atoms with Crippen molar-refractivity contribution in [3.63, 3.8) is 0 Å². The summed E-state index contributed by atoms with van der Waals surface area (Å²) >= 11 is 0. The van der Waals surface area contributed by atoms with Gasteiger partial charge >= 0.3 is 5.97 Å². The van der Waals surface area contributed by atoms with Gasteiger partial charge in [0.2, 0.25) is 0 Å². The molecular weight excluding hydrogens is 789 g/mol. The van der Waals surface area contributed by atoms with E-state index in [1.54, 1.807) is 45.0 Å². The van der Waals surface area contributed by atoms with Gasteiger partial charge in [0, 0.05) is 32.5 Å². The van der Waals surface area contributed by atoms with Crippen molar-refractivity contribution < 1.29 is 63.2 Å². The fourth-order valence-corrected chi connectivity index (χ4v) is 8.89. The van der Waals surface area contributed by atoms with Crippen LogP contribution in [0.3, 0.4) is 0 Å². The van der Waals surface area contributed by atoms with E-state index < -0.39 is 97.5 Å². The summed E-state index contributed by atoms with van der Waals surface area (Å²) in [5, 5.41) is 44.8. The van der Waals surface area contributed by atoms with Crippen LogP contribution in [0.2, 0.25) is 0 Å².